The Hall–Kier alpha value is -4.77. The number of amides is 3. The smallest absolute Gasteiger partial charge is 0.252 e. The second-order valence-electron chi connectivity index (χ2n) is 11.0. The van der Waals surface area contributed by atoms with Crippen molar-refractivity contribution in [1.29, 1.82) is 5.26 Å². The monoisotopic (exact) mass is 663 g/mol. The molecule has 1 aliphatic heterocycles. The van der Waals surface area contributed by atoms with E-state index in [0.717, 1.165) is 17.2 Å². The summed E-state index contributed by atoms with van der Waals surface area (Å²) in [6, 6.07) is 20.6. The number of rotatable bonds is 8. The Kier molecular flexibility index (Phi) is 10.2. The molecule has 3 aromatic carbocycles. The molecular formula is C32H34ClN7O5S. The Labute approximate surface area is 273 Å². The first-order valence-electron chi connectivity index (χ1n) is 14.3. The van der Waals surface area contributed by atoms with E-state index in [0.29, 0.717) is 28.3 Å². The number of sulfone groups is 1. The Bertz CT molecular complexity index is 1960. The second kappa shape index (κ2) is 13.7. The van der Waals surface area contributed by atoms with Crippen molar-refractivity contribution in [2.24, 2.45) is 0 Å². The number of hydrogen-bond donors (Lipinski definition) is 2. The molecule has 12 nitrogen and oxygen atoms in total. The summed E-state index contributed by atoms with van der Waals surface area (Å²) in [5, 5.41) is 21.0. The molecule has 1 unspecified atom stereocenters. The van der Waals surface area contributed by atoms with Gasteiger partial charge in [0.15, 0.2) is 9.84 Å². The summed E-state index contributed by atoms with van der Waals surface area (Å²) in [7, 11) is -2.11. The van der Waals surface area contributed by atoms with Crippen molar-refractivity contribution in [3.63, 3.8) is 0 Å². The first-order chi connectivity index (χ1) is 21.4. The van der Waals surface area contributed by atoms with E-state index in [1.54, 1.807) is 68.0 Å². The third-order valence-corrected chi connectivity index (χ3v) is 8.63. The maximum Gasteiger partial charge on any atom is 0.252 e. The van der Waals surface area contributed by atoms with Crippen LogP contribution in [0.15, 0.2) is 72.8 Å². The molecule has 5 rings (SSSR count). The molecule has 4 aromatic rings. The van der Waals surface area contributed by atoms with Gasteiger partial charge in [-0.15, -0.1) is 12.4 Å². The van der Waals surface area contributed by atoms with Gasteiger partial charge < -0.3 is 20.4 Å². The van der Waals surface area contributed by atoms with E-state index in [2.05, 4.69) is 16.7 Å². The number of nitrogens with zero attached hydrogens (tertiary/aromatic N) is 5. The van der Waals surface area contributed by atoms with Gasteiger partial charge in [0.2, 0.25) is 11.8 Å². The number of aromatic nitrogens is 2. The van der Waals surface area contributed by atoms with Gasteiger partial charge in [0.1, 0.15) is 17.9 Å². The van der Waals surface area contributed by atoms with Crippen LogP contribution >= 0.6 is 12.4 Å². The van der Waals surface area contributed by atoms with Gasteiger partial charge in [0.25, 0.3) is 5.91 Å². The molecule has 0 bridgehead atoms. The largest absolute Gasteiger partial charge is 0.341 e. The normalized spacial score (nSPS) is 17.0. The molecule has 2 heterocycles. The predicted octanol–water partition coefficient (Wildman–Crippen LogP) is 2.72. The van der Waals surface area contributed by atoms with Gasteiger partial charge >= 0.3 is 0 Å². The van der Waals surface area contributed by atoms with Gasteiger partial charge in [-0.05, 0) is 51.2 Å². The molecule has 0 spiro atoms. The summed E-state index contributed by atoms with van der Waals surface area (Å²) >= 11 is 0. The molecule has 0 radical (unpaired) electrons. The van der Waals surface area contributed by atoms with Crippen molar-refractivity contribution < 1.29 is 22.8 Å². The highest BCUT2D eigenvalue weighted by molar-refractivity contribution is 7.91. The maximum absolute atomic E-state index is 14.5. The quantitative estimate of drug-likeness (QED) is 0.291. The minimum absolute atomic E-state index is 0. The van der Waals surface area contributed by atoms with Crippen LogP contribution in [0.1, 0.15) is 25.1 Å². The molecule has 46 heavy (non-hydrogen) atoms. The van der Waals surface area contributed by atoms with Gasteiger partial charge in [-0.1, -0.05) is 42.5 Å². The third kappa shape index (κ3) is 6.60. The van der Waals surface area contributed by atoms with Crippen molar-refractivity contribution in [2.45, 2.75) is 38.5 Å². The number of carbonyl (C=O) groups is 3. The van der Waals surface area contributed by atoms with Crippen molar-refractivity contribution in [3.8, 4) is 11.8 Å². The number of benzene rings is 3. The third-order valence-electron chi connectivity index (χ3n) is 7.86. The van der Waals surface area contributed by atoms with E-state index in [1.807, 2.05) is 30.3 Å². The van der Waals surface area contributed by atoms with Gasteiger partial charge in [-0.3, -0.25) is 14.4 Å². The van der Waals surface area contributed by atoms with Crippen LogP contribution in [-0.4, -0.2) is 73.1 Å². The molecular weight excluding hydrogens is 630 g/mol. The van der Waals surface area contributed by atoms with Crippen LogP contribution in [0.5, 0.6) is 0 Å². The number of halogens is 1. The first kappa shape index (κ1) is 34.1. The molecule has 0 fully saturated rings. The van der Waals surface area contributed by atoms with Crippen LogP contribution < -0.4 is 20.4 Å². The highest BCUT2D eigenvalue weighted by atomic mass is 35.5. The minimum Gasteiger partial charge on any atom is -0.341 e. The molecule has 1 aromatic heterocycles. The van der Waals surface area contributed by atoms with Crippen LogP contribution in [0.2, 0.25) is 0 Å². The van der Waals surface area contributed by atoms with E-state index in [1.165, 1.54) is 9.80 Å². The Balaban J connectivity index is 0.00000480. The zero-order valence-electron chi connectivity index (χ0n) is 25.7. The number of para-hydroxylation sites is 4. The van der Waals surface area contributed by atoms with Gasteiger partial charge in [-0.2, -0.15) is 10.4 Å². The fourth-order valence-electron chi connectivity index (χ4n) is 5.50. The standard InChI is InChI=1S/C32H33N7O5S.ClH/c1-20(34-3)31(41)35-30-21(2)38(29(40)19-45(4,43)44)28-16-10-9-15-27(28)37(32(30)42)18-24-23-12-6-8-14-26(23)39(36-24)25-13-7-5-11-22(25)17-33;/h5-16,20-21,30,34H,18-19H2,1-4H3,(H,35,41);1H/t20?,21-,30-;/m0./s1. The number of fused-ring (bicyclic) bond motifs is 2. The van der Waals surface area contributed by atoms with Gasteiger partial charge in [0, 0.05) is 11.6 Å². The number of likely N-dealkylation sites (N-methyl/N-ethyl adjacent to an activating group) is 1. The lowest BCUT2D eigenvalue weighted by Gasteiger charge is -2.32. The van der Waals surface area contributed by atoms with Crippen molar-refractivity contribution in [1.82, 2.24) is 20.4 Å². The van der Waals surface area contributed by atoms with Crippen LogP contribution in [0.25, 0.3) is 16.6 Å². The molecule has 240 valence electrons. The molecule has 2 N–H and O–H groups in total. The number of hydrogen-bond acceptors (Lipinski definition) is 8. The zero-order valence-corrected chi connectivity index (χ0v) is 27.3. The Morgan fingerprint density at radius 3 is 2.26 bits per heavy atom. The average molecular weight is 664 g/mol. The molecule has 0 saturated heterocycles. The Morgan fingerprint density at radius 2 is 1.61 bits per heavy atom. The molecule has 3 amide bonds. The zero-order chi connectivity index (χ0) is 32.5. The summed E-state index contributed by atoms with van der Waals surface area (Å²) in [4.78, 5) is 43.9. The molecule has 0 saturated carbocycles. The van der Waals surface area contributed by atoms with Crippen LogP contribution in [-0.2, 0) is 30.8 Å². The van der Waals surface area contributed by atoms with E-state index < -0.39 is 51.4 Å². The number of anilines is 2. The minimum atomic E-state index is -3.72. The number of nitrogens with one attached hydrogen (secondary N) is 2. The lowest BCUT2D eigenvalue weighted by molar-refractivity contribution is -0.129. The second-order valence-corrected chi connectivity index (χ2v) is 13.1. The van der Waals surface area contributed by atoms with E-state index in [9.17, 15) is 28.1 Å². The first-order valence-corrected chi connectivity index (χ1v) is 16.3. The molecule has 14 heteroatoms. The molecule has 0 aliphatic carbocycles. The topological polar surface area (TPSA) is 158 Å². The maximum atomic E-state index is 14.5. The molecule has 1 aliphatic rings. The number of nitriles is 1. The van der Waals surface area contributed by atoms with E-state index >= 15 is 0 Å². The van der Waals surface area contributed by atoms with E-state index in [-0.39, 0.29) is 19.0 Å². The summed E-state index contributed by atoms with van der Waals surface area (Å²) < 4.78 is 26.1. The summed E-state index contributed by atoms with van der Waals surface area (Å²) in [5.74, 6) is -2.47. The van der Waals surface area contributed by atoms with Crippen molar-refractivity contribution >= 4 is 62.2 Å². The summed E-state index contributed by atoms with van der Waals surface area (Å²) in [6.07, 6.45) is 0.969. The lowest BCUT2D eigenvalue weighted by atomic mass is 10.1. The molecule has 3 atom stereocenters. The fourth-order valence-corrected chi connectivity index (χ4v) is 6.09. The summed E-state index contributed by atoms with van der Waals surface area (Å²) in [5.41, 5.74) is 2.90. The highest BCUT2D eigenvalue weighted by Crippen LogP contribution is 2.37. The van der Waals surface area contributed by atoms with Crippen LogP contribution in [0.3, 0.4) is 0 Å². The van der Waals surface area contributed by atoms with Crippen LogP contribution in [0.4, 0.5) is 11.4 Å². The van der Waals surface area contributed by atoms with Crippen LogP contribution in [0, 0.1) is 11.3 Å². The SMILES string of the molecule is CNC(C)C(=O)N[C@@H]1C(=O)N(Cc2nn(-c3ccccc3C#N)c3ccccc23)c2ccccc2N(C(=O)CS(C)(=O)=O)[C@H]1C.Cl. The fraction of sp³-hybridized carbons (Fsp3) is 0.281. The van der Waals surface area contributed by atoms with E-state index in [4.69, 9.17) is 5.10 Å². The lowest BCUT2D eigenvalue weighted by Crippen LogP contribution is -2.60. The highest BCUT2D eigenvalue weighted by Gasteiger charge is 2.43. The van der Waals surface area contributed by atoms with Gasteiger partial charge in [0.05, 0.1) is 52.5 Å². The predicted molar refractivity (Wildman–Crippen MR) is 178 cm³/mol. The van der Waals surface area contributed by atoms with Crippen molar-refractivity contribution in [2.75, 3.05) is 28.9 Å². The Morgan fingerprint density at radius 1 is 1.00 bits per heavy atom. The van der Waals surface area contributed by atoms with Crippen molar-refractivity contribution in [3.05, 3.63) is 84.1 Å². The number of carbonyl (C=O) groups excluding carboxylic acids is 3. The average Bonchev–Trinajstić information content (AvgIpc) is 3.35. The van der Waals surface area contributed by atoms with Gasteiger partial charge in [-0.25, -0.2) is 13.1 Å². The summed E-state index contributed by atoms with van der Waals surface area (Å²) in [6.45, 7) is 3.20.